The van der Waals surface area contributed by atoms with Gasteiger partial charge in [0.05, 0.1) is 17.2 Å². The Kier molecular flexibility index (Phi) is 6.52. The monoisotopic (exact) mass is 385 g/mol. The van der Waals surface area contributed by atoms with Gasteiger partial charge in [-0.2, -0.15) is 5.26 Å². The number of benzene rings is 1. The topological polar surface area (TPSA) is 117 Å². The first kappa shape index (κ1) is 21.1. The van der Waals surface area contributed by atoms with Crippen molar-refractivity contribution in [3.63, 3.8) is 0 Å². The average Bonchev–Trinajstić information content (AvgIpc) is 2.91. The maximum atomic E-state index is 12.2. The van der Waals surface area contributed by atoms with E-state index in [-0.39, 0.29) is 37.1 Å². The van der Waals surface area contributed by atoms with Gasteiger partial charge in [-0.15, -0.1) is 0 Å². The molecule has 3 amide bonds. The maximum absolute atomic E-state index is 12.2. The molecule has 1 unspecified atom stereocenters. The molecule has 0 aromatic heterocycles. The molecule has 8 nitrogen and oxygen atoms in total. The molecule has 148 valence electrons. The summed E-state index contributed by atoms with van der Waals surface area (Å²) in [7, 11) is 0. The van der Waals surface area contributed by atoms with E-state index in [0.717, 1.165) is 4.90 Å². The maximum Gasteiger partial charge on any atom is 0.306 e. The number of amides is 3. The number of esters is 1. The standard InChI is InChI=1S/C20H23N3O5/c1-13(2)20(3,12-21)22-16(24)11-28-17(25)9-6-10-23-18(26)14-7-4-5-8-15(14)19(23)27/h4-5,7-8,13H,6,9-11H2,1-3H3,(H,22,24). The van der Waals surface area contributed by atoms with Gasteiger partial charge < -0.3 is 10.1 Å². The Hall–Kier alpha value is -3.21. The van der Waals surface area contributed by atoms with Gasteiger partial charge in [-0.25, -0.2) is 0 Å². The van der Waals surface area contributed by atoms with Crippen LogP contribution in [0.2, 0.25) is 0 Å². The molecule has 28 heavy (non-hydrogen) atoms. The summed E-state index contributed by atoms with van der Waals surface area (Å²) in [5, 5.41) is 11.7. The minimum Gasteiger partial charge on any atom is -0.456 e. The van der Waals surface area contributed by atoms with Crippen LogP contribution in [0.3, 0.4) is 0 Å². The third-order valence-corrected chi connectivity index (χ3v) is 4.79. The highest BCUT2D eigenvalue weighted by molar-refractivity contribution is 6.21. The Bertz CT molecular complexity index is 807. The summed E-state index contributed by atoms with van der Waals surface area (Å²) in [6.07, 6.45) is 0.189. The molecule has 0 bridgehead atoms. The van der Waals surface area contributed by atoms with Crippen LogP contribution in [-0.2, 0) is 14.3 Å². The molecule has 0 fully saturated rings. The Morgan fingerprint density at radius 2 is 1.79 bits per heavy atom. The lowest BCUT2D eigenvalue weighted by Crippen LogP contribution is -2.50. The van der Waals surface area contributed by atoms with E-state index in [2.05, 4.69) is 5.32 Å². The number of hydrogen-bond acceptors (Lipinski definition) is 6. The zero-order chi connectivity index (χ0) is 20.9. The van der Waals surface area contributed by atoms with Crippen LogP contribution < -0.4 is 5.32 Å². The molecule has 1 N–H and O–H groups in total. The van der Waals surface area contributed by atoms with Crippen LogP contribution in [0.5, 0.6) is 0 Å². The highest BCUT2D eigenvalue weighted by atomic mass is 16.5. The summed E-state index contributed by atoms with van der Waals surface area (Å²) in [6, 6.07) is 8.59. The summed E-state index contributed by atoms with van der Waals surface area (Å²) in [4.78, 5) is 49.3. The summed E-state index contributed by atoms with van der Waals surface area (Å²) in [6.45, 7) is 4.80. The summed E-state index contributed by atoms with van der Waals surface area (Å²) < 4.78 is 4.91. The molecule has 0 saturated heterocycles. The molecular weight excluding hydrogens is 362 g/mol. The number of imide groups is 1. The van der Waals surface area contributed by atoms with Gasteiger partial charge >= 0.3 is 5.97 Å². The second-order valence-corrected chi connectivity index (χ2v) is 7.09. The summed E-state index contributed by atoms with van der Waals surface area (Å²) in [5.41, 5.74) is -0.329. The van der Waals surface area contributed by atoms with Gasteiger partial charge in [0, 0.05) is 13.0 Å². The fourth-order valence-corrected chi connectivity index (χ4v) is 2.67. The van der Waals surface area contributed by atoms with E-state index in [1.807, 2.05) is 6.07 Å². The molecule has 0 spiro atoms. The van der Waals surface area contributed by atoms with Gasteiger partial charge in [-0.05, 0) is 31.4 Å². The zero-order valence-corrected chi connectivity index (χ0v) is 16.2. The molecular formula is C20H23N3O5. The number of nitrogens with one attached hydrogen (secondary N) is 1. The van der Waals surface area contributed by atoms with Gasteiger partial charge in [0.15, 0.2) is 6.61 Å². The van der Waals surface area contributed by atoms with Crippen LogP contribution in [0.25, 0.3) is 0 Å². The Labute approximate surface area is 163 Å². The van der Waals surface area contributed by atoms with Crippen LogP contribution in [0, 0.1) is 17.2 Å². The second-order valence-electron chi connectivity index (χ2n) is 7.09. The molecule has 0 radical (unpaired) electrons. The molecule has 0 saturated carbocycles. The van der Waals surface area contributed by atoms with Crippen LogP contribution in [0.1, 0.15) is 54.3 Å². The third-order valence-electron chi connectivity index (χ3n) is 4.79. The number of hydrogen-bond donors (Lipinski definition) is 1. The largest absolute Gasteiger partial charge is 0.456 e. The highest BCUT2D eigenvalue weighted by Gasteiger charge is 2.34. The number of fused-ring (bicyclic) bond motifs is 1. The van der Waals surface area contributed by atoms with E-state index in [1.165, 1.54) is 0 Å². The van der Waals surface area contributed by atoms with E-state index in [9.17, 15) is 24.4 Å². The number of rotatable bonds is 8. The number of nitrogens with zero attached hydrogens (tertiary/aromatic N) is 2. The molecule has 1 aliphatic rings. The lowest BCUT2D eigenvalue weighted by molar-refractivity contribution is -0.149. The van der Waals surface area contributed by atoms with Crippen molar-refractivity contribution in [1.82, 2.24) is 10.2 Å². The normalized spacial score (nSPS) is 15.0. The predicted molar refractivity (Wildman–Crippen MR) is 99.0 cm³/mol. The van der Waals surface area contributed by atoms with Crippen LogP contribution in [0.4, 0.5) is 0 Å². The number of ether oxygens (including phenoxy) is 1. The van der Waals surface area contributed by atoms with Crippen molar-refractivity contribution in [1.29, 1.82) is 5.26 Å². The molecule has 1 aromatic carbocycles. The Morgan fingerprint density at radius 3 is 2.29 bits per heavy atom. The van der Waals surface area contributed by atoms with Crippen molar-refractivity contribution >= 4 is 23.7 Å². The zero-order valence-electron chi connectivity index (χ0n) is 16.2. The second kappa shape index (κ2) is 8.65. The fraction of sp³-hybridized carbons (Fsp3) is 0.450. The number of nitriles is 1. The van der Waals surface area contributed by atoms with Gasteiger partial charge in [-0.3, -0.25) is 24.1 Å². The van der Waals surface area contributed by atoms with Gasteiger partial charge in [-0.1, -0.05) is 26.0 Å². The lowest BCUT2D eigenvalue weighted by atomic mass is 9.90. The number of carbonyl (C=O) groups is 4. The van der Waals surface area contributed by atoms with Crippen molar-refractivity contribution in [2.45, 2.75) is 39.2 Å². The smallest absolute Gasteiger partial charge is 0.306 e. The molecule has 1 atom stereocenters. The van der Waals surface area contributed by atoms with Crippen molar-refractivity contribution < 1.29 is 23.9 Å². The van der Waals surface area contributed by atoms with Gasteiger partial charge in [0.2, 0.25) is 0 Å². The molecule has 2 rings (SSSR count). The Morgan fingerprint density at radius 1 is 1.21 bits per heavy atom. The van der Waals surface area contributed by atoms with Gasteiger partial charge in [0.25, 0.3) is 17.7 Å². The minimum absolute atomic E-state index is 0.0413. The quantitative estimate of drug-likeness (QED) is 0.537. The van der Waals surface area contributed by atoms with E-state index in [0.29, 0.717) is 11.1 Å². The summed E-state index contributed by atoms with van der Waals surface area (Å²) >= 11 is 0. The first-order chi connectivity index (χ1) is 13.2. The van der Waals surface area contributed by atoms with Crippen LogP contribution in [-0.4, -0.2) is 47.3 Å². The minimum atomic E-state index is -1.05. The van der Waals surface area contributed by atoms with Crippen molar-refractivity contribution in [2.75, 3.05) is 13.2 Å². The highest BCUT2D eigenvalue weighted by Crippen LogP contribution is 2.22. The van der Waals surface area contributed by atoms with E-state index < -0.39 is 24.0 Å². The van der Waals surface area contributed by atoms with E-state index in [4.69, 9.17) is 4.74 Å². The lowest BCUT2D eigenvalue weighted by Gasteiger charge is -2.27. The molecule has 1 aliphatic heterocycles. The SMILES string of the molecule is CC(C)C(C)(C#N)NC(=O)COC(=O)CCCN1C(=O)c2ccccc2C1=O. The number of carbonyl (C=O) groups excluding carboxylic acids is 4. The van der Waals surface area contributed by atoms with Crippen LogP contribution in [0.15, 0.2) is 24.3 Å². The van der Waals surface area contributed by atoms with Crippen molar-refractivity contribution in [3.8, 4) is 6.07 Å². The van der Waals surface area contributed by atoms with Crippen molar-refractivity contribution in [2.24, 2.45) is 5.92 Å². The van der Waals surface area contributed by atoms with E-state index >= 15 is 0 Å². The van der Waals surface area contributed by atoms with Crippen molar-refractivity contribution in [3.05, 3.63) is 35.4 Å². The third kappa shape index (κ3) is 4.55. The first-order valence-electron chi connectivity index (χ1n) is 9.02. The van der Waals surface area contributed by atoms with Crippen LogP contribution >= 0.6 is 0 Å². The Balaban J connectivity index is 1.75. The van der Waals surface area contributed by atoms with E-state index in [1.54, 1.807) is 45.0 Å². The molecule has 1 heterocycles. The summed E-state index contributed by atoms with van der Waals surface area (Å²) in [5.74, 6) is -2.05. The molecule has 1 aromatic rings. The molecule has 0 aliphatic carbocycles. The molecule has 8 heteroatoms. The average molecular weight is 385 g/mol. The van der Waals surface area contributed by atoms with Gasteiger partial charge in [0.1, 0.15) is 5.54 Å². The predicted octanol–water partition coefficient (Wildman–Crippen LogP) is 1.66. The fourth-order valence-electron chi connectivity index (χ4n) is 2.67. The first-order valence-corrected chi connectivity index (χ1v) is 9.02.